The van der Waals surface area contributed by atoms with Crippen molar-refractivity contribution in [3.8, 4) is 5.75 Å². The van der Waals surface area contributed by atoms with E-state index < -0.39 is 5.82 Å². The summed E-state index contributed by atoms with van der Waals surface area (Å²) < 4.78 is 18.8. The fourth-order valence-electron chi connectivity index (χ4n) is 1.97. The van der Waals surface area contributed by atoms with Crippen LogP contribution in [0.15, 0.2) is 18.2 Å². The molecule has 0 bridgehead atoms. The molecule has 0 spiro atoms. The smallest absolute Gasteiger partial charge is 0.145 e. The summed E-state index contributed by atoms with van der Waals surface area (Å²) in [6.07, 6.45) is 1.96. The van der Waals surface area contributed by atoms with Gasteiger partial charge in [-0.05, 0) is 31.5 Å². The van der Waals surface area contributed by atoms with E-state index in [1.807, 2.05) is 0 Å². The second-order valence-electron chi connectivity index (χ2n) is 4.51. The zero-order valence-corrected chi connectivity index (χ0v) is 10.9. The average molecular weight is 274 g/mol. The SMILES string of the molecule is OCCCCN1CC(Oc2ccc(Cl)c(F)c2)C1. The summed E-state index contributed by atoms with van der Waals surface area (Å²) in [4.78, 5) is 2.26. The number of nitrogens with zero attached hydrogens (tertiary/aromatic N) is 1. The maximum atomic E-state index is 13.2. The molecule has 0 atom stereocenters. The van der Waals surface area contributed by atoms with E-state index in [-0.39, 0.29) is 17.7 Å². The van der Waals surface area contributed by atoms with Gasteiger partial charge in [0.2, 0.25) is 0 Å². The monoisotopic (exact) mass is 273 g/mol. The van der Waals surface area contributed by atoms with Gasteiger partial charge in [0.05, 0.1) is 5.02 Å². The third kappa shape index (κ3) is 3.57. The van der Waals surface area contributed by atoms with Crippen molar-refractivity contribution in [2.45, 2.75) is 18.9 Å². The second-order valence-corrected chi connectivity index (χ2v) is 4.91. The molecule has 0 radical (unpaired) electrons. The van der Waals surface area contributed by atoms with Gasteiger partial charge in [-0.15, -0.1) is 0 Å². The second kappa shape index (κ2) is 6.36. The molecule has 1 aromatic rings. The van der Waals surface area contributed by atoms with Crippen LogP contribution in [0.3, 0.4) is 0 Å². The Labute approximate surface area is 111 Å². The Bertz CT molecular complexity index is 397. The van der Waals surface area contributed by atoms with Crippen LogP contribution in [0.4, 0.5) is 4.39 Å². The number of aliphatic hydroxyl groups excluding tert-OH is 1. The summed E-state index contributed by atoms with van der Waals surface area (Å²) in [7, 11) is 0. The molecule has 1 aromatic carbocycles. The lowest BCUT2D eigenvalue weighted by atomic mass is 10.1. The van der Waals surface area contributed by atoms with E-state index in [9.17, 15) is 4.39 Å². The van der Waals surface area contributed by atoms with Gasteiger partial charge in [0.25, 0.3) is 0 Å². The molecule has 0 aromatic heterocycles. The first kappa shape index (κ1) is 13.6. The van der Waals surface area contributed by atoms with Crippen molar-refractivity contribution >= 4 is 11.6 Å². The molecule has 3 nitrogen and oxygen atoms in total. The van der Waals surface area contributed by atoms with Gasteiger partial charge in [-0.3, -0.25) is 4.90 Å². The van der Waals surface area contributed by atoms with Gasteiger partial charge in [0, 0.05) is 25.8 Å². The number of benzene rings is 1. The van der Waals surface area contributed by atoms with Gasteiger partial charge < -0.3 is 9.84 Å². The highest BCUT2D eigenvalue weighted by molar-refractivity contribution is 6.30. The summed E-state index contributed by atoms with van der Waals surface area (Å²) in [6, 6.07) is 4.50. The molecular weight excluding hydrogens is 257 g/mol. The maximum absolute atomic E-state index is 13.2. The van der Waals surface area contributed by atoms with Crippen molar-refractivity contribution < 1.29 is 14.2 Å². The van der Waals surface area contributed by atoms with Gasteiger partial charge in [0.15, 0.2) is 0 Å². The Morgan fingerprint density at radius 3 is 2.83 bits per heavy atom. The zero-order chi connectivity index (χ0) is 13.0. The molecule has 1 N–H and O–H groups in total. The molecule has 0 amide bonds. The Balaban J connectivity index is 1.71. The van der Waals surface area contributed by atoms with Crippen LogP contribution < -0.4 is 4.74 Å². The maximum Gasteiger partial charge on any atom is 0.145 e. The largest absolute Gasteiger partial charge is 0.488 e. The summed E-state index contributed by atoms with van der Waals surface area (Å²) in [5, 5.41) is 8.79. The quantitative estimate of drug-likeness (QED) is 0.808. The Morgan fingerprint density at radius 2 is 2.17 bits per heavy atom. The van der Waals surface area contributed by atoms with E-state index in [1.54, 1.807) is 6.07 Å². The lowest BCUT2D eigenvalue weighted by Crippen LogP contribution is -2.53. The fraction of sp³-hybridized carbons (Fsp3) is 0.538. The van der Waals surface area contributed by atoms with Crippen molar-refractivity contribution in [1.82, 2.24) is 4.90 Å². The fourth-order valence-corrected chi connectivity index (χ4v) is 2.09. The Kier molecular flexibility index (Phi) is 4.80. The predicted molar refractivity (Wildman–Crippen MR) is 68.6 cm³/mol. The van der Waals surface area contributed by atoms with Crippen LogP contribution in [-0.2, 0) is 0 Å². The molecule has 0 unspecified atom stereocenters. The van der Waals surface area contributed by atoms with E-state index >= 15 is 0 Å². The first-order chi connectivity index (χ1) is 8.69. The molecule has 0 saturated carbocycles. The number of halogens is 2. The van der Waals surface area contributed by atoms with Crippen molar-refractivity contribution in [2.24, 2.45) is 0 Å². The molecule has 18 heavy (non-hydrogen) atoms. The Morgan fingerprint density at radius 1 is 1.39 bits per heavy atom. The molecule has 1 heterocycles. The summed E-state index contributed by atoms with van der Waals surface area (Å²) in [5.74, 6) is 0.0743. The molecule has 1 fully saturated rings. The highest BCUT2D eigenvalue weighted by Gasteiger charge is 2.27. The number of hydrogen-bond donors (Lipinski definition) is 1. The molecule has 100 valence electrons. The molecule has 5 heteroatoms. The first-order valence-electron chi connectivity index (χ1n) is 6.14. The number of ether oxygens (including phenoxy) is 1. The van der Waals surface area contributed by atoms with Gasteiger partial charge in [-0.25, -0.2) is 4.39 Å². The first-order valence-corrected chi connectivity index (χ1v) is 6.52. The topological polar surface area (TPSA) is 32.7 Å². The average Bonchev–Trinajstić information content (AvgIpc) is 2.30. The zero-order valence-electron chi connectivity index (χ0n) is 10.1. The molecule has 1 saturated heterocycles. The van der Waals surface area contributed by atoms with E-state index in [0.29, 0.717) is 5.75 Å². The van der Waals surface area contributed by atoms with Crippen LogP contribution in [0.25, 0.3) is 0 Å². The molecule has 1 aliphatic rings. The van der Waals surface area contributed by atoms with Crippen molar-refractivity contribution in [2.75, 3.05) is 26.2 Å². The van der Waals surface area contributed by atoms with Crippen molar-refractivity contribution in [3.05, 3.63) is 29.0 Å². The van der Waals surface area contributed by atoms with Gasteiger partial charge in [0.1, 0.15) is 17.7 Å². The van der Waals surface area contributed by atoms with E-state index in [4.69, 9.17) is 21.4 Å². The van der Waals surface area contributed by atoms with Crippen molar-refractivity contribution in [1.29, 1.82) is 0 Å². The highest BCUT2D eigenvalue weighted by atomic mass is 35.5. The normalized spacial score (nSPS) is 16.6. The van der Waals surface area contributed by atoms with Crippen LogP contribution in [0.1, 0.15) is 12.8 Å². The van der Waals surface area contributed by atoms with Crippen LogP contribution in [0, 0.1) is 5.82 Å². The van der Waals surface area contributed by atoms with Crippen LogP contribution in [0.2, 0.25) is 5.02 Å². The Hall–Kier alpha value is -0.840. The molecule has 1 aliphatic heterocycles. The van der Waals surface area contributed by atoms with Crippen LogP contribution in [-0.4, -0.2) is 42.4 Å². The van der Waals surface area contributed by atoms with Gasteiger partial charge in [-0.2, -0.15) is 0 Å². The minimum Gasteiger partial charge on any atom is -0.488 e. The number of rotatable bonds is 6. The highest BCUT2D eigenvalue weighted by Crippen LogP contribution is 2.23. The number of aliphatic hydroxyl groups is 1. The van der Waals surface area contributed by atoms with Crippen molar-refractivity contribution in [3.63, 3.8) is 0 Å². The summed E-state index contributed by atoms with van der Waals surface area (Å²) >= 11 is 5.60. The minimum atomic E-state index is -0.451. The molecule has 2 rings (SSSR count). The van der Waals surface area contributed by atoms with E-state index in [0.717, 1.165) is 32.5 Å². The lowest BCUT2D eigenvalue weighted by molar-refractivity contribution is 0.0183. The number of unbranched alkanes of at least 4 members (excludes halogenated alkanes) is 1. The number of hydrogen-bond acceptors (Lipinski definition) is 3. The predicted octanol–water partition coefficient (Wildman–Crippen LogP) is 2.31. The summed E-state index contributed by atoms with van der Waals surface area (Å²) in [5.41, 5.74) is 0. The van der Waals surface area contributed by atoms with Crippen LogP contribution >= 0.6 is 11.6 Å². The van der Waals surface area contributed by atoms with Crippen LogP contribution in [0.5, 0.6) is 5.75 Å². The minimum absolute atomic E-state index is 0.113. The standard InChI is InChI=1S/C13H17ClFNO2/c14-12-4-3-10(7-13(12)15)18-11-8-16(9-11)5-1-2-6-17/h3-4,7,11,17H,1-2,5-6,8-9H2. The van der Waals surface area contributed by atoms with Gasteiger partial charge >= 0.3 is 0 Å². The van der Waals surface area contributed by atoms with Gasteiger partial charge in [-0.1, -0.05) is 11.6 Å². The number of likely N-dealkylation sites (tertiary alicyclic amines) is 1. The van der Waals surface area contributed by atoms with E-state index in [2.05, 4.69) is 4.90 Å². The molecule has 0 aliphatic carbocycles. The third-order valence-corrected chi connectivity index (χ3v) is 3.31. The lowest BCUT2D eigenvalue weighted by Gasteiger charge is -2.39. The third-order valence-electron chi connectivity index (χ3n) is 3.00. The van der Waals surface area contributed by atoms with E-state index in [1.165, 1.54) is 12.1 Å². The molecular formula is C13H17ClFNO2. The summed E-state index contributed by atoms with van der Waals surface area (Å²) in [6.45, 7) is 2.94.